The van der Waals surface area contributed by atoms with Gasteiger partial charge >= 0.3 is 0 Å². The first kappa shape index (κ1) is 34.2. The molecule has 1 aromatic rings. The minimum atomic E-state index is -1.25. The molecule has 0 spiro atoms. The average Bonchev–Trinajstić information content (AvgIpc) is 2.91. The van der Waals surface area contributed by atoms with Gasteiger partial charge in [-0.25, -0.2) is 4.39 Å². The highest BCUT2D eigenvalue weighted by Gasteiger charge is 2.39. The van der Waals surface area contributed by atoms with Crippen LogP contribution in [0.2, 0.25) is 0 Å². The Morgan fingerprint density at radius 2 is 1.71 bits per heavy atom. The highest BCUT2D eigenvalue weighted by Crippen LogP contribution is 2.28. The van der Waals surface area contributed by atoms with Gasteiger partial charge in [0.2, 0.25) is 23.6 Å². The van der Waals surface area contributed by atoms with Gasteiger partial charge in [0.25, 0.3) is 0 Å². The lowest BCUT2D eigenvalue weighted by molar-refractivity contribution is -0.139. The second kappa shape index (κ2) is 15.8. The molecule has 1 aromatic carbocycles. The van der Waals surface area contributed by atoms with Crippen molar-refractivity contribution in [2.24, 2.45) is 27.8 Å². The van der Waals surface area contributed by atoms with Crippen LogP contribution in [-0.2, 0) is 30.4 Å². The van der Waals surface area contributed by atoms with Crippen molar-refractivity contribution in [2.75, 3.05) is 13.1 Å². The fourth-order valence-corrected chi connectivity index (χ4v) is 4.57. The zero-order chi connectivity index (χ0) is 31.4. The summed E-state index contributed by atoms with van der Waals surface area (Å²) in [6.45, 7) is 7.02. The highest BCUT2D eigenvalue weighted by atomic mass is 19.1. The van der Waals surface area contributed by atoms with Crippen molar-refractivity contribution in [3.8, 4) is 0 Å². The number of hydrogen-bond donors (Lipinski definition) is 6. The predicted molar refractivity (Wildman–Crippen MR) is 156 cm³/mol. The Bertz CT molecular complexity index is 1170. The molecule has 0 unspecified atom stereocenters. The van der Waals surface area contributed by atoms with Crippen LogP contribution in [0.25, 0.3) is 0 Å². The Morgan fingerprint density at radius 1 is 1.05 bits per heavy atom. The summed E-state index contributed by atoms with van der Waals surface area (Å²) in [7, 11) is 0. The number of benzene rings is 1. The Balaban J connectivity index is 2.43. The molecule has 2 rings (SSSR count). The Kier molecular flexibility index (Phi) is 12.9. The lowest BCUT2D eigenvalue weighted by atomic mass is 9.78. The van der Waals surface area contributed by atoms with E-state index in [2.05, 4.69) is 26.3 Å². The lowest BCUT2D eigenvalue weighted by Gasteiger charge is -2.32. The number of nitrogens with one attached hydrogen (secondary N) is 4. The van der Waals surface area contributed by atoms with Crippen LogP contribution in [0.5, 0.6) is 0 Å². The summed E-state index contributed by atoms with van der Waals surface area (Å²) in [6.07, 6.45) is 0.698. The summed E-state index contributed by atoms with van der Waals surface area (Å²) in [5.74, 6) is -3.33. The molecule has 1 aliphatic rings. The van der Waals surface area contributed by atoms with Crippen LogP contribution in [0.4, 0.5) is 4.39 Å². The predicted octanol–water partition coefficient (Wildman–Crippen LogP) is 0.428. The van der Waals surface area contributed by atoms with E-state index in [-0.39, 0.29) is 62.9 Å². The first-order valence-corrected chi connectivity index (χ1v) is 14.3. The Labute approximate surface area is 246 Å². The smallest absolute Gasteiger partial charge is 0.243 e. The highest BCUT2D eigenvalue weighted by molar-refractivity contribution is 5.96. The SMILES string of the molecule is CC[C@@H]1NC(=O)[C@H](CCCN=C(N)N)NC(=O)[C@](C)(CC(=O)C(C)C)CCNC(=O)[C@@H](Cc2cccc(F)c2)NC1=O. The summed E-state index contributed by atoms with van der Waals surface area (Å²) in [5, 5.41) is 10.9. The van der Waals surface area contributed by atoms with Gasteiger partial charge in [0.05, 0.1) is 5.41 Å². The molecule has 4 atom stereocenters. The molecule has 1 heterocycles. The molecule has 13 heteroatoms. The first-order valence-electron chi connectivity index (χ1n) is 14.3. The van der Waals surface area contributed by atoms with Crippen molar-refractivity contribution in [2.45, 2.75) is 84.3 Å². The van der Waals surface area contributed by atoms with Crippen molar-refractivity contribution >= 4 is 35.4 Å². The summed E-state index contributed by atoms with van der Waals surface area (Å²) < 4.78 is 13.9. The van der Waals surface area contributed by atoms with Crippen LogP contribution in [-0.4, -0.2) is 66.6 Å². The molecule has 0 aromatic heterocycles. The van der Waals surface area contributed by atoms with Gasteiger partial charge in [-0.05, 0) is 43.4 Å². The van der Waals surface area contributed by atoms with Crippen molar-refractivity contribution in [1.29, 1.82) is 0 Å². The van der Waals surface area contributed by atoms with Crippen molar-refractivity contribution in [3.63, 3.8) is 0 Å². The second-order valence-electron chi connectivity index (χ2n) is 11.2. The summed E-state index contributed by atoms with van der Waals surface area (Å²) >= 11 is 0. The first-order chi connectivity index (χ1) is 19.7. The molecule has 0 aliphatic carbocycles. The van der Waals surface area contributed by atoms with E-state index in [0.29, 0.717) is 12.0 Å². The van der Waals surface area contributed by atoms with Crippen molar-refractivity contribution < 1.29 is 28.4 Å². The van der Waals surface area contributed by atoms with Gasteiger partial charge in [-0.2, -0.15) is 0 Å². The van der Waals surface area contributed by atoms with Crippen LogP contribution in [0, 0.1) is 17.2 Å². The third kappa shape index (κ3) is 10.4. The van der Waals surface area contributed by atoms with Gasteiger partial charge in [0.15, 0.2) is 5.96 Å². The molecule has 42 heavy (non-hydrogen) atoms. The van der Waals surface area contributed by atoms with E-state index in [1.165, 1.54) is 18.2 Å². The number of halogens is 1. The zero-order valence-electron chi connectivity index (χ0n) is 24.8. The lowest BCUT2D eigenvalue weighted by Crippen LogP contribution is -2.59. The van der Waals surface area contributed by atoms with Crippen LogP contribution in [0.15, 0.2) is 29.3 Å². The van der Waals surface area contributed by atoms with Gasteiger partial charge in [0, 0.05) is 31.8 Å². The van der Waals surface area contributed by atoms with E-state index in [0.717, 1.165) is 0 Å². The van der Waals surface area contributed by atoms with E-state index in [4.69, 9.17) is 11.5 Å². The minimum absolute atomic E-state index is 0.00325. The molecule has 1 saturated heterocycles. The van der Waals surface area contributed by atoms with Gasteiger partial charge < -0.3 is 32.7 Å². The number of rotatable bonds is 10. The van der Waals surface area contributed by atoms with Crippen LogP contribution >= 0.6 is 0 Å². The molecule has 0 radical (unpaired) electrons. The molecule has 0 bridgehead atoms. The Morgan fingerprint density at radius 3 is 2.33 bits per heavy atom. The normalized spacial score (nSPS) is 24.1. The second-order valence-corrected chi connectivity index (χ2v) is 11.2. The van der Waals surface area contributed by atoms with Crippen molar-refractivity contribution in [3.05, 3.63) is 35.6 Å². The Hall–Kier alpha value is -4.03. The molecule has 1 fully saturated rings. The standard InChI is InChI=1S/C29H44FN7O5/c1-5-20-25(40)36-22(15-18-8-6-9-19(30)14-18)24(39)33-13-11-29(4,16-23(38)17(2)3)27(42)37-21(26(41)35-20)10-7-12-34-28(31)32/h6,8-9,14,17,20-22H,5,7,10-13,15-16H2,1-4H3,(H,33,39)(H,35,41)(H,36,40)(H,37,42)(H4,31,32,34)/t20-,21-,22+,29-/m0/s1. The van der Waals surface area contributed by atoms with Crippen LogP contribution in [0.3, 0.4) is 0 Å². The molecule has 8 N–H and O–H groups in total. The van der Waals surface area contributed by atoms with E-state index < -0.39 is 53.0 Å². The number of ketones is 1. The van der Waals surface area contributed by atoms with Crippen LogP contribution < -0.4 is 32.7 Å². The number of carbonyl (C=O) groups is 5. The van der Waals surface area contributed by atoms with Crippen LogP contribution in [0.1, 0.15) is 65.4 Å². The number of aliphatic imine (C=N–C) groups is 1. The molecular formula is C29H44FN7O5. The van der Waals surface area contributed by atoms with Crippen molar-refractivity contribution in [1.82, 2.24) is 21.3 Å². The van der Waals surface area contributed by atoms with Gasteiger partial charge in [-0.3, -0.25) is 29.0 Å². The summed E-state index contributed by atoms with van der Waals surface area (Å²) in [5.41, 5.74) is 10.0. The maximum Gasteiger partial charge on any atom is 0.243 e. The van der Waals surface area contributed by atoms with E-state index in [1.54, 1.807) is 33.8 Å². The molecule has 1 aliphatic heterocycles. The number of amides is 4. The fourth-order valence-electron chi connectivity index (χ4n) is 4.57. The number of Topliss-reactive ketones (excluding diaryl/α,β-unsaturated/α-hetero) is 1. The number of nitrogens with two attached hydrogens (primary N) is 2. The topological polar surface area (TPSA) is 198 Å². The van der Waals surface area contributed by atoms with E-state index >= 15 is 0 Å². The fraction of sp³-hybridized carbons (Fsp3) is 0.586. The molecule has 4 amide bonds. The molecule has 12 nitrogen and oxygen atoms in total. The number of nitrogens with zero attached hydrogens (tertiary/aromatic N) is 1. The third-order valence-electron chi connectivity index (χ3n) is 7.30. The maximum absolute atomic E-state index is 13.9. The average molecular weight is 590 g/mol. The maximum atomic E-state index is 13.9. The molecule has 0 saturated carbocycles. The third-order valence-corrected chi connectivity index (χ3v) is 7.30. The summed E-state index contributed by atoms with van der Waals surface area (Å²) in [4.78, 5) is 70.2. The number of hydrogen-bond acceptors (Lipinski definition) is 6. The monoisotopic (exact) mass is 589 g/mol. The zero-order valence-corrected chi connectivity index (χ0v) is 24.8. The van der Waals surface area contributed by atoms with Gasteiger partial charge in [-0.1, -0.05) is 39.8 Å². The van der Waals surface area contributed by atoms with Gasteiger partial charge in [0.1, 0.15) is 29.7 Å². The quantitative estimate of drug-likeness (QED) is 0.129. The largest absolute Gasteiger partial charge is 0.370 e. The van der Waals surface area contributed by atoms with Gasteiger partial charge in [-0.15, -0.1) is 0 Å². The number of guanidine groups is 1. The minimum Gasteiger partial charge on any atom is -0.370 e. The summed E-state index contributed by atoms with van der Waals surface area (Å²) in [6, 6.07) is 2.55. The van der Waals surface area contributed by atoms with E-state index in [1.807, 2.05) is 0 Å². The molecule has 232 valence electrons. The molecular weight excluding hydrogens is 545 g/mol. The number of carbonyl (C=O) groups excluding carboxylic acids is 5. The van der Waals surface area contributed by atoms with E-state index in [9.17, 15) is 28.4 Å².